The maximum absolute atomic E-state index is 7.40. The maximum atomic E-state index is 7.40. The van der Waals surface area contributed by atoms with Crippen molar-refractivity contribution < 1.29 is 13.0 Å². The molecule has 0 amide bonds. The average Bonchev–Trinajstić information content (AvgIpc) is 2.73. The van der Waals surface area contributed by atoms with Crippen molar-refractivity contribution >= 4 is 27.5 Å². The van der Waals surface area contributed by atoms with E-state index in [-0.39, 0.29) is 10.1 Å². The largest absolute Gasteiger partial charge is 0.407 e. The van der Waals surface area contributed by atoms with E-state index in [2.05, 4.69) is 116 Å². The second-order valence-corrected chi connectivity index (χ2v) is 17.9. The predicted molar refractivity (Wildman–Crippen MR) is 123 cm³/mol. The van der Waals surface area contributed by atoms with Gasteiger partial charge in [0.2, 0.25) is 0 Å². The fourth-order valence-electron chi connectivity index (χ4n) is 4.81. The summed E-state index contributed by atoms with van der Waals surface area (Å²) in [6, 6.07) is 21.3. The van der Waals surface area contributed by atoms with Crippen LogP contribution < -0.4 is 10.4 Å². The van der Waals surface area contributed by atoms with Crippen LogP contribution in [0.25, 0.3) is 0 Å². The summed E-state index contributed by atoms with van der Waals surface area (Å²) in [5.74, 6) is 0. The van der Waals surface area contributed by atoms with Gasteiger partial charge in [0.25, 0.3) is 0 Å². The molecule has 2 atom stereocenters. The minimum absolute atomic E-state index is 0.197. The van der Waals surface area contributed by atoms with Gasteiger partial charge in [-0.05, 0) is 38.1 Å². The summed E-state index contributed by atoms with van der Waals surface area (Å²) >= 11 is 0. The van der Waals surface area contributed by atoms with Crippen LogP contribution in [-0.2, 0) is 13.0 Å². The zero-order valence-electron chi connectivity index (χ0n) is 19.0. The zero-order chi connectivity index (χ0) is 21.3. The molecule has 156 valence electrons. The lowest BCUT2D eigenvalue weighted by atomic mass is 9.90. The molecule has 2 fully saturated rings. The van der Waals surface area contributed by atoms with Gasteiger partial charge in [-0.3, -0.25) is 0 Å². The van der Waals surface area contributed by atoms with E-state index in [4.69, 9.17) is 13.0 Å². The average molecular weight is 427 g/mol. The van der Waals surface area contributed by atoms with E-state index in [0.717, 1.165) is 0 Å². The lowest BCUT2D eigenvalue weighted by Gasteiger charge is -2.54. The Morgan fingerprint density at radius 1 is 0.517 bits per heavy atom. The summed E-state index contributed by atoms with van der Waals surface area (Å²) in [4.78, 5) is 0. The first-order chi connectivity index (χ1) is 13.3. The van der Waals surface area contributed by atoms with Crippen LogP contribution in [-0.4, -0.2) is 28.3 Å². The van der Waals surface area contributed by atoms with E-state index in [1.165, 1.54) is 10.4 Å². The van der Waals surface area contributed by atoms with Gasteiger partial charge in [0.05, 0.1) is 11.2 Å². The standard InChI is InChI=1S/C24H34O3Si2/c1-21(2)22(3,4)26-29(20-17-13-10-14-18-20)24(7,8)23(5,6)28(25-21,27-29)19-15-11-9-12-16-19/h9-18H,1-8H3. The molecule has 2 aromatic rings. The van der Waals surface area contributed by atoms with E-state index in [0.29, 0.717) is 0 Å². The second kappa shape index (κ2) is 6.14. The Labute approximate surface area is 177 Å². The molecule has 0 radical (unpaired) electrons. The molecule has 2 saturated heterocycles. The fourth-order valence-corrected chi connectivity index (χ4v) is 17.8. The quantitative estimate of drug-likeness (QED) is 0.641. The molecule has 0 aromatic heterocycles. The van der Waals surface area contributed by atoms with Crippen molar-refractivity contribution in [3.8, 4) is 0 Å². The topological polar surface area (TPSA) is 27.7 Å². The van der Waals surface area contributed by atoms with Crippen LogP contribution >= 0.6 is 0 Å². The Bertz CT molecular complexity index is 833. The molecule has 2 heterocycles. The Balaban J connectivity index is 2.09. The third-order valence-corrected chi connectivity index (χ3v) is 18.9. The van der Waals surface area contributed by atoms with Crippen LogP contribution in [0.2, 0.25) is 10.1 Å². The molecule has 2 aliphatic rings. The number of fused-ring (bicyclic) bond motifs is 2. The summed E-state index contributed by atoms with van der Waals surface area (Å²) in [5.41, 5.74) is -0.987. The first kappa shape index (κ1) is 21.0. The predicted octanol–water partition coefficient (Wildman–Crippen LogP) is 4.88. The molecule has 0 N–H and O–H groups in total. The minimum atomic E-state index is -2.91. The monoisotopic (exact) mass is 426 g/mol. The van der Waals surface area contributed by atoms with Gasteiger partial charge in [-0.2, -0.15) is 0 Å². The van der Waals surface area contributed by atoms with E-state index >= 15 is 0 Å². The zero-order valence-corrected chi connectivity index (χ0v) is 21.0. The Kier molecular flexibility index (Phi) is 4.45. The summed E-state index contributed by atoms with van der Waals surface area (Å²) in [6.07, 6.45) is 0. The smallest absolute Gasteiger partial charge is 0.370 e. The molecule has 3 nitrogen and oxygen atoms in total. The van der Waals surface area contributed by atoms with E-state index < -0.39 is 28.3 Å². The minimum Gasteiger partial charge on any atom is -0.407 e. The van der Waals surface area contributed by atoms with Crippen molar-refractivity contribution in [2.24, 2.45) is 0 Å². The summed E-state index contributed by atoms with van der Waals surface area (Å²) in [7, 11) is -5.83. The van der Waals surface area contributed by atoms with Gasteiger partial charge in [0.15, 0.2) is 0 Å². The highest BCUT2D eigenvalue weighted by Crippen LogP contribution is 2.71. The van der Waals surface area contributed by atoms with Crippen LogP contribution in [0.5, 0.6) is 0 Å². The molecule has 2 bridgehead atoms. The molecule has 0 saturated carbocycles. The lowest BCUT2D eigenvalue weighted by Crippen LogP contribution is -2.66. The van der Waals surface area contributed by atoms with Crippen LogP contribution in [0.4, 0.5) is 0 Å². The fraction of sp³-hybridized carbons (Fsp3) is 0.500. The Hall–Kier alpha value is -1.25. The molecule has 4 rings (SSSR count). The third kappa shape index (κ3) is 2.51. The Morgan fingerprint density at radius 2 is 0.828 bits per heavy atom. The molecule has 0 aliphatic carbocycles. The molecule has 2 aromatic carbocycles. The number of hydrogen-bond acceptors (Lipinski definition) is 3. The highest BCUT2D eigenvalue weighted by molar-refractivity contribution is 7.01. The van der Waals surface area contributed by atoms with Crippen molar-refractivity contribution in [1.29, 1.82) is 0 Å². The molecule has 29 heavy (non-hydrogen) atoms. The van der Waals surface area contributed by atoms with Crippen LogP contribution in [0, 0.1) is 0 Å². The van der Waals surface area contributed by atoms with Crippen molar-refractivity contribution in [2.75, 3.05) is 0 Å². The molecule has 5 heteroatoms. The summed E-state index contributed by atoms with van der Waals surface area (Å²) < 4.78 is 21.8. The van der Waals surface area contributed by atoms with E-state index in [9.17, 15) is 0 Å². The highest BCUT2D eigenvalue weighted by atomic mass is 28.5. The molecular weight excluding hydrogens is 392 g/mol. The first-order valence-electron chi connectivity index (χ1n) is 10.5. The van der Waals surface area contributed by atoms with Gasteiger partial charge in [-0.1, -0.05) is 88.4 Å². The highest BCUT2D eigenvalue weighted by Gasteiger charge is 2.82. The van der Waals surface area contributed by atoms with Gasteiger partial charge in [0.1, 0.15) is 0 Å². The lowest BCUT2D eigenvalue weighted by molar-refractivity contribution is -0.0870. The third-order valence-electron chi connectivity index (χ3n) is 8.05. The maximum Gasteiger partial charge on any atom is 0.370 e. The van der Waals surface area contributed by atoms with Gasteiger partial charge >= 0.3 is 17.1 Å². The molecular formula is C24H34O3Si2. The van der Waals surface area contributed by atoms with Gasteiger partial charge in [-0.15, -0.1) is 0 Å². The second-order valence-electron chi connectivity index (χ2n) is 10.5. The Morgan fingerprint density at radius 3 is 1.14 bits per heavy atom. The molecule has 0 spiro atoms. The number of hydrogen-bond donors (Lipinski definition) is 0. The van der Waals surface area contributed by atoms with Gasteiger partial charge in [0, 0.05) is 10.1 Å². The number of rotatable bonds is 2. The molecule has 2 aliphatic heterocycles. The van der Waals surface area contributed by atoms with Crippen molar-refractivity contribution in [1.82, 2.24) is 0 Å². The molecule has 2 unspecified atom stereocenters. The van der Waals surface area contributed by atoms with Crippen LogP contribution in [0.3, 0.4) is 0 Å². The van der Waals surface area contributed by atoms with Crippen LogP contribution in [0.15, 0.2) is 60.7 Å². The first-order valence-corrected chi connectivity index (χ1v) is 14.2. The summed E-state index contributed by atoms with van der Waals surface area (Å²) in [5, 5.41) is 1.99. The van der Waals surface area contributed by atoms with Crippen LogP contribution in [0.1, 0.15) is 55.4 Å². The van der Waals surface area contributed by atoms with Gasteiger partial charge in [-0.25, -0.2) is 0 Å². The summed E-state index contributed by atoms with van der Waals surface area (Å²) in [6.45, 7) is 18.0. The van der Waals surface area contributed by atoms with Crippen molar-refractivity contribution in [3.05, 3.63) is 60.7 Å². The van der Waals surface area contributed by atoms with E-state index in [1.807, 2.05) is 0 Å². The normalized spacial score (nSPS) is 33.8. The SMILES string of the molecule is CC1(C)O[Si]2(c3ccccc3)O[Si](c3ccccc3)(OC1(C)C)C(C)(C)C2(C)C. The van der Waals surface area contributed by atoms with Gasteiger partial charge < -0.3 is 13.0 Å². The van der Waals surface area contributed by atoms with Crippen molar-refractivity contribution in [2.45, 2.75) is 76.7 Å². The number of benzene rings is 2. The van der Waals surface area contributed by atoms with Crippen molar-refractivity contribution in [3.63, 3.8) is 0 Å². The van der Waals surface area contributed by atoms with E-state index in [1.54, 1.807) is 0 Å².